The molecule has 0 atom stereocenters. The molecular formula is C21H21N3O2. The van der Waals surface area contributed by atoms with Gasteiger partial charge in [0.2, 0.25) is 5.91 Å². The zero-order valence-corrected chi connectivity index (χ0v) is 15.1. The number of benzene rings is 2. The van der Waals surface area contributed by atoms with Gasteiger partial charge in [0.25, 0.3) is 5.56 Å². The first kappa shape index (κ1) is 17.6. The number of anilines is 1. The first-order chi connectivity index (χ1) is 12.4. The van der Waals surface area contributed by atoms with Crippen LogP contribution in [-0.4, -0.2) is 15.7 Å². The highest BCUT2D eigenvalue weighted by atomic mass is 16.2. The highest BCUT2D eigenvalue weighted by molar-refractivity contribution is 5.91. The van der Waals surface area contributed by atoms with Crippen LogP contribution in [0.15, 0.2) is 59.4 Å². The van der Waals surface area contributed by atoms with Crippen molar-refractivity contribution in [3.05, 3.63) is 81.6 Å². The van der Waals surface area contributed by atoms with Gasteiger partial charge < -0.3 is 5.32 Å². The van der Waals surface area contributed by atoms with Gasteiger partial charge in [-0.3, -0.25) is 9.59 Å². The summed E-state index contributed by atoms with van der Waals surface area (Å²) in [5.74, 6) is -0.284. The molecule has 3 aromatic rings. The van der Waals surface area contributed by atoms with Gasteiger partial charge in [-0.15, -0.1) is 0 Å². The topological polar surface area (TPSA) is 64.0 Å². The summed E-state index contributed by atoms with van der Waals surface area (Å²) >= 11 is 0. The fraction of sp³-hybridized carbons (Fsp3) is 0.190. The van der Waals surface area contributed by atoms with E-state index in [1.807, 2.05) is 63.2 Å². The van der Waals surface area contributed by atoms with Crippen LogP contribution in [-0.2, 0) is 11.3 Å². The molecule has 1 aromatic heterocycles. The number of carbonyl (C=O) groups excluding carboxylic acids is 1. The molecule has 1 amide bonds. The maximum Gasteiger partial charge on any atom is 0.267 e. The van der Waals surface area contributed by atoms with E-state index in [0.29, 0.717) is 5.69 Å². The van der Waals surface area contributed by atoms with Crippen molar-refractivity contribution in [2.24, 2.45) is 0 Å². The van der Waals surface area contributed by atoms with Crippen LogP contribution in [0.1, 0.15) is 16.7 Å². The normalized spacial score (nSPS) is 10.6. The summed E-state index contributed by atoms with van der Waals surface area (Å²) in [6.07, 6.45) is 0. The minimum absolute atomic E-state index is 0.133. The molecule has 5 heteroatoms. The number of aryl methyl sites for hydroxylation is 3. The summed E-state index contributed by atoms with van der Waals surface area (Å²) in [6, 6.07) is 16.7. The van der Waals surface area contributed by atoms with Crippen molar-refractivity contribution in [3.63, 3.8) is 0 Å². The number of rotatable bonds is 4. The Morgan fingerprint density at radius 2 is 1.77 bits per heavy atom. The molecule has 1 heterocycles. The van der Waals surface area contributed by atoms with Crippen molar-refractivity contribution >= 4 is 11.6 Å². The molecule has 0 unspecified atom stereocenters. The van der Waals surface area contributed by atoms with Crippen LogP contribution in [0.3, 0.4) is 0 Å². The lowest BCUT2D eigenvalue weighted by molar-refractivity contribution is -0.117. The molecule has 0 saturated heterocycles. The van der Waals surface area contributed by atoms with Gasteiger partial charge in [0, 0.05) is 17.3 Å². The zero-order valence-electron chi connectivity index (χ0n) is 15.1. The number of amides is 1. The number of aromatic nitrogens is 2. The third kappa shape index (κ3) is 3.88. The standard InChI is InChI=1S/C21H21N3O2/c1-14-8-9-18(16(3)12-14)22-20(25)13-24-21(26)11-10-19(23-24)17-7-5-4-6-15(17)2/h4-12H,13H2,1-3H3,(H,22,25). The minimum Gasteiger partial charge on any atom is -0.324 e. The summed E-state index contributed by atoms with van der Waals surface area (Å²) < 4.78 is 1.20. The Kier molecular flexibility index (Phi) is 4.98. The lowest BCUT2D eigenvalue weighted by atomic mass is 10.1. The first-order valence-electron chi connectivity index (χ1n) is 8.45. The molecule has 0 saturated carbocycles. The zero-order chi connectivity index (χ0) is 18.7. The fourth-order valence-corrected chi connectivity index (χ4v) is 2.85. The van der Waals surface area contributed by atoms with Crippen LogP contribution in [0, 0.1) is 20.8 Å². The van der Waals surface area contributed by atoms with Gasteiger partial charge in [0.15, 0.2) is 0 Å². The molecule has 1 N–H and O–H groups in total. The van der Waals surface area contributed by atoms with E-state index < -0.39 is 0 Å². The second-order valence-corrected chi connectivity index (χ2v) is 6.40. The Balaban J connectivity index is 1.83. The molecule has 0 fully saturated rings. The summed E-state index contributed by atoms with van der Waals surface area (Å²) in [5, 5.41) is 7.21. The lowest BCUT2D eigenvalue weighted by Gasteiger charge is -2.11. The van der Waals surface area contributed by atoms with Gasteiger partial charge in [-0.1, -0.05) is 42.0 Å². The molecule has 0 radical (unpaired) electrons. The van der Waals surface area contributed by atoms with Crippen LogP contribution in [0.25, 0.3) is 11.3 Å². The quantitative estimate of drug-likeness (QED) is 0.786. The summed E-state index contributed by atoms with van der Waals surface area (Å²) in [6.45, 7) is 5.79. The molecule has 26 heavy (non-hydrogen) atoms. The minimum atomic E-state index is -0.307. The van der Waals surface area contributed by atoms with E-state index >= 15 is 0 Å². The van der Waals surface area contributed by atoms with E-state index in [-0.39, 0.29) is 18.0 Å². The summed E-state index contributed by atoms with van der Waals surface area (Å²) in [7, 11) is 0. The van der Waals surface area contributed by atoms with Crippen molar-refractivity contribution in [2.45, 2.75) is 27.3 Å². The number of nitrogens with zero attached hydrogens (tertiary/aromatic N) is 2. The second kappa shape index (κ2) is 7.35. The Morgan fingerprint density at radius 3 is 2.50 bits per heavy atom. The van der Waals surface area contributed by atoms with Gasteiger partial charge in [0.05, 0.1) is 5.69 Å². The van der Waals surface area contributed by atoms with Crippen molar-refractivity contribution in [2.75, 3.05) is 5.32 Å². The van der Waals surface area contributed by atoms with E-state index in [9.17, 15) is 9.59 Å². The van der Waals surface area contributed by atoms with Crippen LogP contribution < -0.4 is 10.9 Å². The van der Waals surface area contributed by atoms with Crippen molar-refractivity contribution in [3.8, 4) is 11.3 Å². The number of carbonyl (C=O) groups is 1. The molecule has 0 spiro atoms. The van der Waals surface area contributed by atoms with Crippen LogP contribution in [0.4, 0.5) is 5.69 Å². The maximum atomic E-state index is 12.4. The molecule has 0 aliphatic carbocycles. The predicted octanol–water partition coefficient (Wildman–Crippen LogP) is 3.47. The molecule has 3 rings (SSSR count). The highest BCUT2D eigenvalue weighted by Crippen LogP contribution is 2.19. The Labute approximate surface area is 152 Å². The van der Waals surface area contributed by atoms with E-state index in [2.05, 4.69) is 10.4 Å². The molecule has 5 nitrogen and oxygen atoms in total. The van der Waals surface area contributed by atoms with E-state index in [4.69, 9.17) is 0 Å². The van der Waals surface area contributed by atoms with Gasteiger partial charge in [-0.05, 0) is 44.0 Å². The van der Waals surface area contributed by atoms with Crippen LogP contribution in [0.2, 0.25) is 0 Å². The maximum absolute atomic E-state index is 12.4. The Hall–Kier alpha value is -3.21. The average Bonchev–Trinajstić information content (AvgIpc) is 2.60. The van der Waals surface area contributed by atoms with Gasteiger partial charge >= 0.3 is 0 Å². The van der Waals surface area contributed by atoms with Gasteiger partial charge in [-0.25, -0.2) is 4.68 Å². The molecule has 0 bridgehead atoms. The predicted molar refractivity (Wildman–Crippen MR) is 103 cm³/mol. The molecule has 132 valence electrons. The third-order valence-corrected chi connectivity index (χ3v) is 4.24. The van der Waals surface area contributed by atoms with E-state index in [1.165, 1.54) is 10.7 Å². The van der Waals surface area contributed by atoms with Crippen molar-refractivity contribution in [1.29, 1.82) is 0 Å². The van der Waals surface area contributed by atoms with Crippen molar-refractivity contribution in [1.82, 2.24) is 9.78 Å². The second-order valence-electron chi connectivity index (χ2n) is 6.40. The van der Waals surface area contributed by atoms with Crippen LogP contribution >= 0.6 is 0 Å². The SMILES string of the molecule is Cc1ccc(NC(=O)Cn2nc(-c3ccccc3C)ccc2=O)c(C)c1. The molecule has 0 aliphatic rings. The Bertz CT molecular complexity index is 1020. The smallest absolute Gasteiger partial charge is 0.267 e. The largest absolute Gasteiger partial charge is 0.324 e. The monoisotopic (exact) mass is 347 g/mol. The summed E-state index contributed by atoms with van der Waals surface area (Å²) in [5.41, 5.74) is 5.21. The van der Waals surface area contributed by atoms with Crippen molar-refractivity contribution < 1.29 is 4.79 Å². The molecule has 0 aliphatic heterocycles. The number of nitrogens with one attached hydrogen (secondary N) is 1. The van der Waals surface area contributed by atoms with E-state index in [0.717, 1.165) is 27.9 Å². The van der Waals surface area contributed by atoms with E-state index in [1.54, 1.807) is 6.07 Å². The lowest BCUT2D eigenvalue weighted by Crippen LogP contribution is -2.29. The number of hydrogen-bond donors (Lipinski definition) is 1. The summed E-state index contributed by atoms with van der Waals surface area (Å²) in [4.78, 5) is 24.5. The van der Waals surface area contributed by atoms with Gasteiger partial charge in [-0.2, -0.15) is 5.10 Å². The average molecular weight is 347 g/mol. The fourth-order valence-electron chi connectivity index (χ4n) is 2.85. The first-order valence-corrected chi connectivity index (χ1v) is 8.45. The van der Waals surface area contributed by atoms with Crippen LogP contribution in [0.5, 0.6) is 0 Å². The highest BCUT2D eigenvalue weighted by Gasteiger charge is 2.10. The third-order valence-electron chi connectivity index (χ3n) is 4.24. The number of hydrogen-bond acceptors (Lipinski definition) is 3. The Morgan fingerprint density at radius 1 is 1.00 bits per heavy atom. The molecule has 2 aromatic carbocycles. The molecular weight excluding hydrogens is 326 g/mol. The van der Waals surface area contributed by atoms with Gasteiger partial charge in [0.1, 0.15) is 6.54 Å².